The van der Waals surface area contributed by atoms with Gasteiger partial charge in [-0.05, 0) is 63.9 Å². The van der Waals surface area contributed by atoms with Crippen LogP contribution in [0.25, 0.3) is 11.6 Å². The number of halogens is 4. The molecular formula is C31H41F4N5O4. The second-order valence-electron chi connectivity index (χ2n) is 10.9. The van der Waals surface area contributed by atoms with Crippen LogP contribution in [0.3, 0.4) is 0 Å². The number of aryl methyl sites for hydroxylation is 1. The molecule has 13 heteroatoms. The van der Waals surface area contributed by atoms with Gasteiger partial charge in [0.15, 0.2) is 0 Å². The van der Waals surface area contributed by atoms with E-state index in [9.17, 15) is 37.1 Å². The van der Waals surface area contributed by atoms with Crippen molar-refractivity contribution in [3.05, 3.63) is 46.0 Å². The topological polar surface area (TPSA) is 127 Å². The van der Waals surface area contributed by atoms with Crippen LogP contribution in [0, 0.1) is 12.7 Å². The molecule has 2 aliphatic rings. The Morgan fingerprint density at radius 3 is 2.39 bits per heavy atom. The molecule has 5 N–H and O–H groups in total. The minimum Gasteiger partial charge on any atom is -0.388 e. The van der Waals surface area contributed by atoms with E-state index < -0.39 is 52.1 Å². The molecule has 0 radical (unpaired) electrons. The summed E-state index contributed by atoms with van der Waals surface area (Å²) in [5.74, 6) is -3.13. The van der Waals surface area contributed by atoms with Crippen LogP contribution < -0.4 is 16.0 Å². The molecule has 0 aliphatic carbocycles. The molecule has 1 saturated heterocycles. The number of nitrogens with one attached hydrogen (secondary N) is 4. The highest BCUT2D eigenvalue weighted by molar-refractivity contribution is 6.36. The van der Waals surface area contributed by atoms with E-state index in [0.717, 1.165) is 50.6 Å². The van der Waals surface area contributed by atoms with Crippen LogP contribution in [0.1, 0.15) is 92.7 Å². The van der Waals surface area contributed by atoms with Gasteiger partial charge in [-0.3, -0.25) is 14.4 Å². The monoisotopic (exact) mass is 623 g/mol. The van der Waals surface area contributed by atoms with Crippen molar-refractivity contribution in [3.8, 4) is 0 Å². The van der Waals surface area contributed by atoms with Crippen LogP contribution in [0.2, 0.25) is 0 Å². The van der Waals surface area contributed by atoms with E-state index in [1.165, 1.54) is 13.8 Å². The zero-order valence-electron chi connectivity index (χ0n) is 25.7. The molecule has 1 aromatic carbocycles. The maximum atomic E-state index is 14.4. The van der Waals surface area contributed by atoms with Gasteiger partial charge in [0.2, 0.25) is 5.91 Å². The third kappa shape index (κ3) is 8.06. The van der Waals surface area contributed by atoms with Gasteiger partial charge in [0.1, 0.15) is 5.82 Å². The molecule has 1 atom stereocenters. The van der Waals surface area contributed by atoms with Crippen molar-refractivity contribution in [2.45, 2.75) is 78.5 Å². The average molecular weight is 624 g/mol. The minimum absolute atomic E-state index is 0.0392. The Kier molecular flexibility index (Phi) is 11.4. The van der Waals surface area contributed by atoms with Gasteiger partial charge >= 0.3 is 6.18 Å². The molecule has 3 amide bonds. The number of anilines is 2. The summed E-state index contributed by atoms with van der Waals surface area (Å²) in [6.07, 6.45) is -0.266. The Morgan fingerprint density at radius 2 is 1.80 bits per heavy atom. The largest absolute Gasteiger partial charge is 0.419 e. The summed E-state index contributed by atoms with van der Waals surface area (Å²) < 4.78 is 57.4. The van der Waals surface area contributed by atoms with Crippen molar-refractivity contribution >= 4 is 40.7 Å². The third-order valence-electron chi connectivity index (χ3n) is 7.70. The molecule has 3 heterocycles. The summed E-state index contributed by atoms with van der Waals surface area (Å²) in [5, 5.41) is 18.4. The number of β-amino-alcohol motifs (C(OH)–C–C–N with tert-alkyl or cyclic N) is 1. The predicted octanol–water partition coefficient (Wildman–Crippen LogP) is 5.71. The number of hydrogen-bond acceptors (Lipinski definition) is 5. The normalized spacial score (nSPS) is 17.3. The van der Waals surface area contributed by atoms with E-state index in [0.29, 0.717) is 13.0 Å². The van der Waals surface area contributed by atoms with Crippen LogP contribution in [-0.2, 0) is 15.8 Å². The Hall–Kier alpha value is -3.71. The molecule has 0 bridgehead atoms. The molecule has 44 heavy (non-hydrogen) atoms. The molecule has 9 nitrogen and oxygen atoms in total. The fourth-order valence-corrected chi connectivity index (χ4v) is 5.57. The third-order valence-corrected chi connectivity index (χ3v) is 7.70. The van der Waals surface area contributed by atoms with Gasteiger partial charge in [0.25, 0.3) is 11.8 Å². The van der Waals surface area contributed by atoms with Crippen LogP contribution in [-0.4, -0.2) is 64.5 Å². The highest BCUT2D eigenvalue weighted by atomic mass is 19.4. The first-order valence-corrected chi connectivity index (χ1v) is 14.9. The Balaban J connectivity index is 0.00000259. The van der Waals surface area contributed by atoms with Gasteiger partial charge in [-0.15, -0.1) is 0 Å². The zero-order valence-corrected chi connectivity index (χ0v) is 25.7. The lowest BCUT2D eigenvalue weighted by atomic mass is 9.94. The number of nitrogens with zero attached hydrogens (tertiary/aromatic N) is 1. The number of carbonyl (C=O) groups excluding carboxylic acids is 3. The standard InChI is InChI=1S/C29H35F4N5O4.C2H6/c1-4-28(42,15-38-10-6-5-7-11-38)8-9-34-27(41)23-16(2)35-21(24(23)29(31,32)33)14-20-19-12-18(30)13-22(36-17(3)39)25(19)37-26(20)40;1-2/h12-14,35,42H,4-11,15H2,1-3H3,(H,34,41)(H,36,39)(H,37,40);1-2H3/b20-14-;. The molecule has 242 valence electrons. The van der Waals surface area contributed by atoms with Crippen molar-refractivity contribution < 1.29 is 37.1 Å². The van der Waals surface area contributed by atoms with Crippen molar-refractivity contribution in [1.82, 2.24) is 15.2 Å². The molecular weight excluding hydrogens is 582 g/mol. The maximum absolute atomic E-state index is 14.4. The van der Waals surface area contributed by atoms with Crippen LogP contribution >= 0.6 is 0 Å². The van der Waals surface area contributed by atoms with Crippen molar-refractivity contribution in [1.29, 1.82) is 0 Å². The summed E-state index contributed by atoms with van der Waals surface area (Å²) in [4.78, 5) is 42.1. The second kappa shape index (κ2) is 14.4. The minimum atomic E-state index is -4.98. The number of aromatic nitrogens is 1. The first kappa shape index (κ1) is 34.8. The van der Waals surface area contributed by atoms with Gasteiger partial charge in [-0.25, -0.2) is 4.39 Å². The SMILES string of the molecule is CC.CCC(O)(CCNC(=O)c1c(C)[nH]c(/C=C2\C(=O)Nc3c(NC(C)=O)cc(F)cc32)c1C(F)(F)F)CN1CCCCC1. The first-order chi connectivity index (χ1) is 20.7. The summed E-state index contributed by atoms with van der Waals surface area (Å²) in [6, 6.07) is 1.96. The Morgan fingerprint density at radius 1 is 1.14 bits per heavy atom. The number of amides is 3. The number of alkyl halides is 3. The van der Waals surface area contributed by atoms with Crippen LogP contribution in [0.15, 0.2) is 12.1 Å². The lowest BCUT2D eigenvalue weighted by molar-refractivity contribution is -0.138. The highest BCUT2D eigenvalue weighted by Crippen LogP contribution is 2.42. The van der Waals surface area contributed by atoms with Gasteiger partial charge in [-0.1, -0.05) is 27.2 Å². The molecule has 2 aliphatic heterocycles. The number of carbonyl (C=O) groups is 3. The Bertz CT molecular complexity index is 1410. The summed E-state index contributed by atoms with van der Waals surface area (Å²) in [6.45, 7) is 10.4. The number of rotatable bonds is 9. The van der Waals surface area contributed by atoms with Crippen LogP contribution in [0.4, 0.5) is 28.9 Å². The highest BCUT2D eigenvalue weighted by Gasteiger charge is 2.41. The molecule has 1 aromatic heterocycles. The summed E-state index contributed by atoms with van der Waals surface area (Å²) in [7, 11) is 0. The predicted molar refractivity (Wildman–Crippen MR) is 162 cm³/mol. The molecule has 1 fully saturated rings. The number of piperidine rings is 1. The smallest absolute Gasteiger partial charge is 0.388 e. The summed E-state index contributed by atoms with van der Waals surface area (Å²) in [5.41, 5.74) is -3.96. The number of likely N-dealkylation sites (tertiary alicyclic amines) is 1. The van der Waals surface area contributed by atoms with Crippen molar-refractivity contribution in [3.63, 3.8) is 0 Å². The average Bonchev–Trinajstić information content (AvgIpc) is 3.46. The van der Waals surface area contributed by atoms with Gasteiger partial charge in [0.05, 0.1) is 39.4 Å². The Labute approximate surface area is 254 Å². The van der Waals surface area contributed by atoms with E-state index >= 15 is 0 Å². The summed E-state index contributed by atoms with van der Waals surface area (Å²) >= 11 is 0. The number of fused-ring (bicyclic) bond motifs is 1. The number of aromatic amines is 1. The van der Waals surface area contributed by atoms with Crippen molar-refractivity contribution in [2.75, 3.05) is 36.8 Å². The first-order valence-electron chi connectivity index (χ1n) is 14.9. The quantitative estimate of drug-likeness (QED) is 0.181. The maximum Gasteiger partial charge on any atom is 0.419 e. The molecule has 0 spiro atoms. The number of aliphatic hydroxyl groups is 1. The lowest BCUT2D eigenvalue weighted by Gasteiger charge is -2.35. The molecule has 0 saturated carbocycles. The van der Waals surface area contributed by atoms with Gasteiger partial charge in [0, 0.05) is 31.3 Å². The zero-order chi connectivity index (χ0) is 32.8. The van der Waals surface area contributed by atoms with E-state index in [4.69, 9.17) is 0 Å². The molecule has 1 unspecified atom stereocenters. The van der Waals surface area contributed by atoms with E-state index in [-0.39, 0.29) is 41.2 Å². The van der Waals surface area contributed by atoms with Crippen LogP contribution in [0.5, 0.6) is 0 Å². The second-order valence-corrected chi connectivity index (χ2v) is 10.9. The number of benzene rings is 1. The van der Waals surface area contributed by atoms with E-state index in [2.05, 4.69) is 25.8 Å². The van der Waals surface area contributed by atoms with Gasteiger partial charge < -0.3 is 30.9 Å². The fraction of sp³-hybridized carbons (Fsp3) is 0.516. The van der Waals surface area contributed by atoms with Crippen molar-refractivity contribution in [2.24, 2.45) is 0 Å². The fourth-order valence-electron chi connectivity index (χ4n) is 5.57. The van der Waals surface area contributed by atoms with E-state index in [1.807, 2.05) is 20.8 Å². The number of H-pyrrole nitrogens is 1. The molecule has 4 rings (SSSR count). The molecule has 2 aromatic rings. The lowest BCUT2D eigenvalue weighted by Crippen LogP contribution is -2.46. The number of hydrogen-bond donors (Lipinski definition) is 5. The van der Waals surface area contributed by atoms with E-state index in [1.54, 1.807) is 0 Å². The van der Waals surface area contributed by atoms with Gasteiger partial charge in [-0.2, -0.15) is 13.2 Å².